The number of halogens is 1. The van der Waals surface area contributed by atoms with Gasteiger partial charge in [0.15, 0.2) is 0 Å². The molecule has 0 saturated carbocycles. The zero-order chi connectivity index (χ0) is 12.8. The first kappa shape index (κ1) is 13.1. The number of carboxylic acids is 1. The highest BCUT2D eigenvalue weighted by Gasteiger charge is 2.12. The Morgan fingerprint density at radius 2 is 2.18 bits per heavy atom. The van der Waals surface area contributed by atoms with E-state index in [1.807, 2.05) is 0 Å². The molecule has 3 N–H and O–H groups in total. The summed E-state index contributed by atoms with van der Waals surface area (Å²) < 4.78 is 0. The van der Waals surface area contributed by atoms with Crippen LogP contribution < -0.4 is 10.6 Å². The van der Waals surface area contributed by atoms with Crippen molar-refractivity contribution in [2.45, 2.75) is 0 Å². The number of urea groups is 1. The lowest BCUT2D eigenvalue weighted by molar-refractivity contribution is 0.0698. The van der Waals surface area contributed by atoms with Gasteiger partial charge in [-0.25, -0.2) is 9.59 Å². The molecule has 17 heavy (non-hydrogen) atoms. The maximum Gasteiger partial charge on any atom is 0.337 e. The van der Waals surface area contributed by atoms with Crippen molar-refractivity contribution in [2.24, 2.45) is 0 Å². The molecule has 0 spiro atoms. The molecule has 0 saturated heterocycles. The Hall–Kier alpha value is -2.01. The highest BCUT2D eigenvalue weighted by atomic mass is 35.5. The second kappa shape index (κ2) is 5.91. The summed E-state index contributed by atoms with van der Waals surface area (Å²) in [5.41, 5.74) is 0.120. The van der Waals surface area contributed by atoms with E-state index in [1.165, 1.54) is 24.3 Å². The quantitative estimate of drug-likeness (QED) is 0.722. The van der Waals surface area contributed by atoms with E-state index < -0.39 is 12.0 Å². The molecule has 0 aromatic heterocycles. The summed E-state index contributed by atoms with van der Waals surface area (Å²) in [6, 6.07) is 3.62. The van der Waals surface area contributed by atoms with Gasteiger partial charge in [-0.2, -0.15) is 0 Å². The lowest BCUT2D eigenvalue weighted by atomic mass is 10.2. The third-order valence-electron chi connectivity index (χ3n) is 1.87. The summed E-state index contributed by atoms with van der Waals surface area (Å²) in [6.45, 7) is 3.73. The van der Waals surface area contributed by atoms with Crippen LogP contribution in [0.5, 0.6) is 0 Å². The molecule has 90 valence electrons. The van der Waals surface area contributed by atoms with Crippen molar-refractivity contribution in [3.05, 3.63) is 41.4 Å². The SMILES string of the molecule is C=CCNC(=O)Nc1cc(Cl)ccc1C(=O)O. The molecule has 0 atom stereocenters. The van der Waals surface area contributed by atoms with Gasteiger partial charge in [0.1, 0.15) is 0 Å². The summed E-state index contributed by atoms with van der Waals surface area (Å²) in [7, 11) is 0. The van der Waals surface area contributed by atoms with Gasteiger partial charge in [0.2, 0.25) is 0 Å². The first-order chi connectivity index (χ1) is 8.04. The Morgan fingerprint density at radius 1 is 1.47 bits per heavy atom. The third kappa shape index (κ3) is 3.81. The standard InChI is InChI=1S/C11H11ClN2O3/c1-2-5-13-11(17)14-9-6-7(12)3-4-8(9)10(15)16/h2-4,6H,1,5H2,(H,15,16)(H2,13,14,17). The number of rotatable bonds is 4. The number of anilines is 1. The number of carbonyl (C=O) groups excluding carboxylic acids is 1. The molecule has 5 nitrogen and oxygen atoms in total. The van der Waals surface area contributed by atoms with Gasteiger partial charge in [-0.15, -0.1) is 6.58 Å². The molecule has 6 heteroatoms. The van der Waals surface area contributed by atoms with Gasteiger partial charge in [-0.05, 0) is 18.2 Å². The van der Waals surface area contributed by atoms with Crippen LogP contribution in [-0.4, -0.2) is 23.7 Å². The molecule has 0 bridgehead atoms. The first-order valence-corrected chi connectivity index (χ1v) is 5.11. The zero-order valence-corrected chi connectivity index (χ0v) is 9.62. The molecule has 1 rings (SSSR count). The van der Waals surface area contributed by atoms with Crippen molar-refractivity contribution in [1.82, 2.24) is 5.32 Å². The minimum absolute atomic E-state index is 0.0249. The van der Waals surface area contributed by atoms with E-state index >= 15 is 0 Å². The Bertz CT molecular complexity index is 460. The van der Waals surface area contributed by atoms with E-state index in [2.05, 4.69) is 17.2 Å². The number of hydrogen-bond acceptors (Lipinski definition) is 2. The van der Waals surface area contributed by atoms with Crippen molar-refractivity contribution in [1.29, 1.82) is 0 Å². The van der Waals surface area contributed by atoms with E-state index in [0.29, 0.717) is 5.02 Å². The molecule has 0 unspecified atom stereocenters. The molecule has 0 radical (unpaired) electrons. The lowest BCUT2D eigenvalue weighted by Gasteiger charge is -2.09. The summed E-state index contributed by atoms with van der Waals surface area (Å²) in [5.74, 6) is -1.14. The molecule has 1 aromatic rings. The number of aromatic carboxylic acids is 1. The molecule has 0 aliphatic heterocycles. The minimum atomic E-state index is -1.14. The molecule has 0 heterocycles. The molecule has 2 amide bonds. The Labute approximate surface area is 103 Å². The van der Waals surface area contributed by atoms with Crippen molar-refractivity contribution in [3.8, 4) is 0 Å². The highest BCUT2D eigenvalue weighted by molar-refractivity contribution is 6.31. The van der Waals surface area contributed by atoms with Gasteiger partial charge in [-0.1, -0.05) is 17.7 Å². The normalized spacial score (nSPS) is 9.47. The number of amides is 2. The Balaban J connectivity index is 2.88. The van der Waals surface area contributed by atoms with Crippen LogP contribution in [0.15, 0.2) is 30.9 Å². The second-order valence-electron chi connectivity index (χ2n) is 3.12. The average molecular weight is 255 g/mol. The summed E-state index contributed by atoms with van der Waals surface area (Å²) >= 11 is 5.73. The fourth-order valence-corrected chi connectivity index (χ4v) is 1.31. The number of carbonyl (C=O) groups is 2. The Morgan fingerprint density at radius 3 is 2.76 bits per heavy atom. The third-order valence-corrected chi connectivity index (χ3v) is 2.10. The summed E-state index contributed by atoms with van der Waals surface area (Å²) in [6.07, 6.45) is 1.51. The van der Waals surface area contributed by atoms with Crippen LogP contribution in [0, 0.1) is 0 Å². The van der Waals surface area contributed by atoms with E-state index in [-0.39, 0.29) is 17.8 Å². The molecular weight excluding hydrogens is 244 g/mol. The molecule has 1 aromatic carbocycles. The summed E-state index contributed by atoms with van der Waals surface area (Å²) in [4.78, 5) is 22.2. The molecule has 0 fully saturated rings. The van der Waals surface area contributed by atoms with Crippen LogP contribution in [0.3, 0.4) is 0 Å². The molecule has 0 aliphatic rings. The molecule has 0 aliphatic carbocycles. The lowest BCUT2D eigenvalue weighted by Crippen LogP contribution is -2.29. The number of carboxylic acid groups (broad SMARTS) is 1. The Kier molecular flexibility index (Phi) is 4.54. The van der Waals surface area contributed by atoms with Crippen LogP contribution in [0.4, 0.5) is 10.5 Å². The first-order valence-electron chi connectivity index (χ1n) is 4.73. The maximum absolute atomic E-state index is 11.4. The number of hydrogen-bond donors (Lipinski definition) is 3. The fraction of sp³-hybridized carbons (Fsp3) is 0.0909. The monoisotopic (exact) mass is 254 g/mol. The molecular formula is C11H11ClN2O3. The van der Waals surface area contributed by atoms with Crippen LogP contribution in [0.25, 0.3) is 0 Å². The van der Waals surface area contributed by atoms with Crippen molar-refractivity contribution in [3.63, 3.8) is 0 Å². The van der Waals surface area contributed by atoms with Crippen molar-refractivity contribution >= 4 is 29.3 Å². The van der Waals surface area contributed by atoms with Gasteiger partial charge < -0.3 is 15.7 Å². The summed E-state index contributed by atoms with van der Waals surface area (Å²) in [5, 5.41) is 14.1. The van der Waals surface area contributed by atoms with Gasteiger partial charge in [0, 0.05) is 11.6 Å². The minimum Gasteiger partial charge on any atom is -0.478 e. The fourth-order valence-electron chi connectivity index (χ4n) is 1.14. The van der Waals surface area contributed by atoms with E-state index in [4.69, 9.17) is 16.7 Å². The average Bonchev–Trinajstić information content (AvgIpc) is 2.26. The van der Waals surface area contributed by atoms with Crippen LogP contribution in [0.2, 0.25) is 5.02 Å². The predicted molar refractivity (Wildman–Crippen MR) is 65.6 cm³/mol. The van der Waals surface area contributed by atoms with Gasteiger partial charge >= 0.3 is 12.0 Å². The topological polar surface area (TPSA) is 78.4 Å². The van der Waals surface area contributed by atoms with Crippen LogP contribution >= 0.6 is 11.6 Å². The smallest absolute Gasteiger partial charge is 0.337 e. The largest absolute Gasteiger partial charge is 0.478 e. The van der Waals surface area contributed by atoms with Crippen molar-refractivity contribution in [2.75, 3.05) is 11.9 Å². The van der Waals surface area contributed by atoms with Gasteiger partial charge in [0.25, 0.3) is 0 Å². The van der Waals surface area contributed by atoms with Gasteiger partial charge in [0.05, 0.1) is 11.3 Å². The van der Waals surface area contributed by atoms with Crippen molar-refractivity contribution < 1.29 is 14.7 Å². The number of nitrogens with one attached hydrogen (secondary N) is 2. The second-order valence-corrected chi connectivity index (χ2v) is 3.56. The maximum atomic E-state index is 11.4. The van der Waals surface area contributed by atoms with E-state index in [0.717, 1.165) is 0 Å². The van der Waals surface area contributed by atoms with Crippen LogP contribution in [-0.2, 0) is 0 Å². The van der Waals surface area contributed by atoms with E-state index in [1.54, 1.807) is 0 Å². The highest BCUT2D eigenvalue weighted by Crippen LogP contribution is 2.20. The van der Waals surface area contributed by atoms with Gasteiger partial charge in [-0.3, -0.25) is 0 Å². The predicted octanol–water partition coefficient (Wildman–Crippen LogP) is 2.35. The van der Waals surface area contributed by atoms with E-state index in [9.17, 15) is 9.59 Å². The number of benzene rings is 1. The van der Waals surface area contributed by atoms with Crippen LogP contribution in [0.1, 0.15) is 10.4 Å². The zero-order valence-electron chi connectivity index (χ0n) is 8.87.